The van der Waals surface area contributed by atoms with Crippen LogP contribution >= 0.6 is 0 Å². The third-order valence-electron chi connectivity index (χ3n) is 4.66. The third-order valence-corrected chi connectivity index (χ3v) is 6.41. The summed E-state index contributed by atoms with van der Waals surface area (Å²) in [6.45, 7) is 5.54. The molecule has 0 aliphatic carbocycles. The molecule has 1 saturated heterocycles. The summed E-state index contributed by atoms with van der Waals surface area (Å²) in [5.41, 5.74) is 2.69. The first-order valence-electron chi connectivity index (χ1n) is 9.15. The maximum Gasteiger partial charge on any atom is 0.228 e. The molecular weight excluding hydrogens is 362 g/mol. The van der Waals surface area contributed by atoms with Gasteiger partial charge in [-0.25, -0.2) is 8.42 Å². The van der Waals surface area contributed by atoms with E-state index in [-0.39, 0.29) is 23.0 Å². The van der Waals surface area contributed by atoms with Gasteiger partial charge in [-0.3, -0.25) is 4.79 Å². The summed E-state index contributed by atoms with van der Waals surface area (Å²) in [7, 11) is -3.21. The van der Waals surface area contributed by atoms with Crippen molar-refractivity contribution in [3.05, 3.63) is 54.1 Å². The van der Waals surface area contributed by atoms with Crippen LogP contribution in [0.2, 0.25) is 0 Å². The molecule has 27 heavy (non-hydrogen) atoms. The molecule has 1 amide bonds. The second-order valence-electron chi connectivity index (χ2n) is 6.56. The summed E-state index contributed by atoms with van der Waals surface area (Å²) in [5.74, 6) is -0.0624. The lowest BCUT2D eigenvalue weighted by Gasteiger charge is -2.29. The minimum Gasteiger partial charge on any atom is -0.369 e. The molecule has 3 rings (SSSR count). The van der Waals surface area contributed by atoms with Crippen molar-refractivity contribution in [2.45, 2.75) is 18.2 Å². The lowest BCUT2D eigenvalue weighted by atomic mass is 10.1. The van der Waals surface area contributed by atoms with E-state index in [2.05, 4.69) is 15.5 Å². The Morgan fingerprint density at radius 3 is 2.26 bits per heavy atom. The maximum atomic E-state index is 12.3. The predicted octanol–water partition coefficient (Wildman–Crippen LogP) is 2.07. The van der Waals surface area contributed by atoms with Gasteiger partial charge in [-0.05, 0) is 42.0 Å². The van der Waals surface area contributed by atoms with Crippen LogP contribution < -0.4 is 15.5 Å². The molecule has 1 aliphatic heterocycles. The first-order chi connectivity index (χ1) is 13.0. The largest absolute Gasteiger partial charge is 0.369 e. The van der Waals surface area contributed by atoms with Gasteiger partial charge in [0.1, 0.15) is 0 Å². The Labute approximate surface area is 160 Å². The van der Waals surface area contributed by atoms with Crippen molar-refractivity contribution < 1.29 is 13.2 Å². The van der Waals surface area contributed by atoms with E-state index in [0.29, 0.717) is 0 Å². The normalized spacial score (nSPS) is 14.8. The average Bonchev–Trinajstić information content (AvgIpc) is 2.69. The highest BCUT2D eigenvalue weighted by molar-refractivity contribution is 7.91. The Bertz CT molecular complexity index is 872. The first kappa shape index (κ1) is 19.4. The fourth-order valence-electron chi connectivity index (χ4n) is 3.05. The Balaban J connectivity index is 1.57. The number of hydrogen-bond acceptors (Lipinski definition) is 5. The Kier molecular flexibility index (Phi) is 6.13. The molecule has 144 valence electrons. The fourth-order valence-corrected chi connectivity index (χ4v) is 3.93. The number of carbonyl (C=O) groups is 1. The van der Waals surface area contributed by atoms with Gasteiger partial charge in [-0.2, -0.15) is 0 Å². The number of hydrogen-bond donors (Lipinski definition) is 2. The van der Waals surface area contributed by atoms with E-state index >= 15 is 0 Å². The zero-order chi connectivity index (χ0) is 19.3. The molecule has 0 bridgehead atoms. The number of benzene rings is 2. The lowest BCUT2D eigenvalue weighted by molar-refractivity contribution is -0.115. The molecule has 0 unspecified atom stereocenters. The van der Waals surface area contributed by atoms with Crippen LogP contribution in [0.1, 0.15) is 12.5 Å². The highest BCUT2D eigenvalue weighted by atomic mass is 32.2. The van der Waals surface area contributed by atoms with Gasteiger partial charge in [-0.1, -0.05) is 19.1 Å². The van der Waals surface area contributed by atoms with Gasteiger partial charge in [0.2, 0.25) is 5.91 Å². The van der Waals surface area contributed by atoms with E-state index < -0.39 is 9.84 Å². The predicted molar refractivity (Wildman–Crippen MR) is 108 cm³/mol. The van der Waals surface area contributed by atoms with E-state index in [0.717, 1.165) is 43.1 Å². The van der Waals surface area contributed by atoms with Crippen molar-refractivity contribution in [3.8, 4) is 0 Å². The number of nitrogens with one attached hydrogen (secondary N) is 2. The Morgan fingerprint density at radius 2 is 1.67 bits per heavy atom. The molecule has 2 N–H and O–H groups in total. The summed E-state index contributed by atoms with van der Waals surface area (Å²) in [6.07, 6.45) is 0.200. The van der Waals surface area contributed by atoms with Crippen LogP contribution in [-0.2, 0) is 21.1 Å². The Hall–Kier alpha value is -2.38. The molecule has 7 heteroatoms. The van der Waals surface area contributed by atoms with Crippen molar-refractivity contribution in [2.24, 2.45) is 0 Å². The maximum absolute atomic E-state index is 12.3. The molecule has 0 spiro atoms. The van der Waals surface area contributed by atoms with Gasteiger partial charge in [0, 0.05) is 37.6 Å². The van der Waals surface area contributed by atoms with Crippen LogP contribution in [0.3, 0.4) is 0 Å². The molecule has 0 atom stereocenters. The van der Waals surface area contributed by atoms with E-state index in [1.54, 1.807) is 31.2 Å². The molecule has 2 aromatic carbocycles. The number of nitrogens with zero attached hydrogens (tertiary/aromatic N) is 1. The quantitative estimate of drug-likeness (QED) is 0.793. The first-order valence-corrected chi connectivity index (χ1v) is 10.8. The van der Waals surface area contributed by atoms with Crippen LogP contribution in [0.4, 0.5) is 11.4 Å². The van der Waals surface area contributed by atoms with Crippen LogP contribution in [0.25, 0.3) is 0 Å². The fraction of sp³-hybridized carbons (Fsp3) is 0.350. The molecule has 2 aromatic rings. The van der Waals surface area contributed by atoms with E-state index in [1.165, 1.54) is 0 Å². The van der Waals surface area contributed by atoms with Crippen molar-refractivity contribution in [1.82, 2.24) is 5.32 Å². The second-order valence-corrected chi connectivity index (χ2v) is 8.83. The van der Waals surface area contributed by atoms with Crippen molar-refractivity contribution in [2.75, 3.05) is 42.1 Å². The van der Waals surface area contributed by atoms with Gasteiger partial charge in [0.15, 0.2) is 9.84 Å². The molecule has 0 saturated carbocycles. The number of carbonyl (C=O) groups excluding carboxylic acids is 1. The summed E-state index contributed by atoms with van der Waals surface area (Å²) in [6, 6.07) is 14.4. The smallest absolute Gasteiger partial charge is 0.228 e. The summed E-state index contributed by atoms with van der Waals surface area (Å²) < 4.78 is 23.7. The van der Waals surface area contributed by atoms with Gasteiger partial charge in [0.25, 0.3) is 0 Å². The minimum absolute atomic E-state index is 0.0662. The van der Waals surface area contributed by atoms with E-state index in [9.17, 15) is 13.2 Å². The van der Waals surface area contributed by atoms with Crippen molar-refractivity contribution in [3.63, 3.8) is 0 Å². The van der Waals surface area contributed by atoms with Crippen LogP contribution in [-0.4, -0.2) is 46.3 Å². The minimum atomic E-state index is -3.21. The monoisotopic (exact) mass is 387 g/mol. The highest BCUT2D eigenvalue weighted by Gasteiger charge is 2.12. The standard InChI is InChI=1S/C20H25N3O3S/c1-2-27(25,26)19-9-3-16(4-10-19)15-20(24)22-17-5-7-18(8-6-17)23-13-11-21-12-14-23/h3-10,21H,2,11-15H2,1H3,(H,22,24). The summed E-state index contributed by atoms with van der Waals surface area (Å²) in [4.78, 5) is 14.9. The van der Waals surface area contributed by atoms with Gasteiger partial charge >= 0.3 is 0 Å². The van der Waals surface area contributed by atoms with E-state index in [1.807, 2.05) is 24.3 Å². The molecular formula is C20H25N3O3S. The van der Waals surface area contributed by atoms with Gasteiger partial charge in [0.05, 0.1) is 17.1 Å². The number of rotatable bonds is 6. The molecule has 1 fully saturated rings. The average molecular weight is 388 g/mol. The molecule has 6 nitrogen and oxygen atoms in total. The SMILES string of the molecule is CCS(=O)(=O)c1ccc(CC(=O)Nc2ccc(N3CCNCC3)cc2)cc1. The summed E-state index contributed by atoms with van der Waals surface area (Å²) >= 11 is 0. The topological polar surface area (TPSA) is 78.5 Å². The van der Waals surface area contributed by atoms with Crippen LogP contribution in [0, 0.1) is 0 Å². The zero-order valence-corrected chi connectivity index (χ0v) is 16.3. The van der Waals surface area contributed by atoms with Crippen molar-refractivity contribution in [1.29, 1.82) is 0 Å². The number of anilines is 2. The van der Waals surface area contributed by atoms with Crippen LogP contribution in [0.5, 0.6) is 0 Å². The summed E-state index contributed by atoms with van der Waals surface area (Å²) in [5, 5.41) is 6.22. The molecule has 0 radical (unpaired) electrons. The highest BCUT2D eigenvalue weighted by Crippen LogP contribution is 2.19. The van der Waals surface area contributed by atoms with Crippen molar-refractivity contribution >= 4 is 27.1 Å². The second kappa shape index (κ2) is 8.54. The van der Waals surface area contributed by atoms with Gasteiger partial charge < -0.3 is 15.5 Å². The molecule has 1 aliphatic rings. The van der Waals surface area contributed by atoms with Crippen LogP contribution in [0.15, 0.2) is 53.4 Å². The molecule has 0 aromatic heterocycles. The zero-order valence-electron chi connectivity index (χ0n) is 15.4. The number of piperazine rings is 1. The number of amides is 1. The van der Waals surface area contributed by atoms with E-state index in [4.69, 9.17) is 0 Å². The Morgan fingerprint density at radius 1 is 1.04 bits per heavy atom. The number of sulfone groups is 1. The third kappa shape index (κ3) is 5.08. The van der Waals surface area contributed by atoms with Gasteiger partial charge in [-0.15, -0.1) is 0 Å². The molecule has 1 heterocycles. The lowest BCUT2D eigenvalue weighted by Crippen LogP contribution is -2.43.